The Hall–Kier alpha value is -1.39. The van der Waals surface area contributed by atoms with Gasteiger partial charge in [-0.05, 0) is 24.3 Å². The van der Waals surface area contributed by atoms with Crippen molar-refractivity contribution in [2.75, 3.05) is 19.0 Å². The first-order valence-electron chi connectivity index (χ1n) is 4.48. The molecule has 0 amide bonds. The van der Waals surface area contributed by atoms with Crippen molar-refractivity contribution in [1.29, 1.82) is 0 Å². The van der Waals surface area contributed by atoms with Crippen LogP contribution in [0.5, 0.6) is 5.75 Å². The predicted molar refractivity (Wildman–Crippen MR) is 52.2 cm³/mol. The van der Waals surface area contributed by atoms with Crippen LogP contribution in [0, 0.1) is 0 Å². The zero-order valence-corrected chi connectivity index (χ0v) is 8.27. The minimum Gasteiger partial charge on any atom is -0.493 e. The number of rotatable bonds is 4. The van der Waals surface area contributed by atoms with Gasteiger partial charge in [0.25, 0.3) is 0 Å². The lowest BCUT2D eigenvalue weighted by atomic mass is 10.3. The van der Waals surface area contributed by atoms with Gasteiger partial charge >= 0.3 is 6.18 Å². The third kappa shape index (κ3) is 4.58. The van der Waals surface area contributed by atoms with Gasteiger partial charge in [0.05, 0.1) is 13.0 Å². The molecule has 2 nitrogen and oxygen atoms in total. The quantitative estimate of drug-likeness (QED) is 0.840. The van der Waals surface area contributed by atoms with E-state index >= 15 is 0 Å². The highest BCUT2D eigenvalue weighted by Gasteiger charge is 2.26. The third-order valence-electron chi connectivity index (χ3n) is 1.80. The van der Waals surface area contributed by atoms with Crippen molar-refractivity contribution in [2.24, 2.45) is 0 Å². The zero-order chi connectivity index (χ0) is 11.3. The van der Waals surface area contributed by atoms with E-state index in [4.69, 9.17) is 4.74 Å². The number of hydrogen-bond donors (Lipinski definition) is 1. The fourth-order valence-electron chi connectivity index (χ4n) is 1.00. The number of alkyl halides is 3. The maximum Gasteiger partial charge on any atom is 0.392 e. The molecule has 0 fully saturated rings. The zero-order valence-electron chi connectivity index (χ0n) is 8.27. The van der Waals surface area contributed by atoms with E-state index in [9.17, 15) is 13.2 Å². The monoisotopic (exact) mass is 219 g/mol. The van der Waals surface area contributed by atoms with Gasteiger partial charge in [0.15, 0.2) is 0 Å². The van der Waals surface area contributed by atoms with Crippen LogP contribution in [0.1, 0.15) is 6.42 Å². The molecule has 0 radical (unpaired) electrons. The van der Waals surface area contributed by atoms with Gasteiger partial charge in [0, 0.05) is 12.7 Å². The second kappa shape index (κ2) is 4.91. The molecule has 0 unspecified atom stereocenters. The molecule has 0 spiro atoms. The maximum absolute atomic E-state index is 11.8. The molecule has 1 aromatic carbocycles. The average molecular weight is 219 g/mol. The highest BCUT2D eigenvalue weighted by Crippen LogP contribution is 2.21. The molecule has 1 rings (SSSR count). The number of ether oxygens (including phenoxy) is 1. The van der Waals surface area contributed by atoms with E-state index in [1.807, 2.05) is 0 Å². The molecule has 0 aliphatic heterocycles. The van der Waals surface area contributed by atoms with Crippen LogP contribution in [0.15, 0.2) is 24.3 Å². The van der Waals surface area contributed by atoms with Crippen LogP contribution in [0.25, 0.3) is 0 Å². The van der Waals surface area contributed by atoms with Crippen LogP contribution in [0.3, 0.4) is 0 Å². The van der Waals surface area contributed by atoms with Gasteiger partial charge < -0.3 is 10.1 Å². The van der Waals surface area contributed by atoms with Crippen molar-refractivity contribution in [3.63, 3.8) is 0 Å². The van der Waals surface area contributed by atoms with Crippen molar-refractivity contribution in [3.05, 3.63) is 24.3 Å². The van der Waals surface area contributed by atoms with Gasteiger partial charge in [-0.15, -0.1) is 0 Å². The Morgan fingerprint density at radius 2 is 1.80 bits per heavy atom. The fraction of sp³-hybridized carbons (Fsp3) is 0.400. The van der Waals surface area contributed by atoms with Crippen molar-refractivity contribution >= 4 is 5.69 Å². The molecule has 0 aliphatic rings. The van der Waals surface area contributed by atoms with E-state index in [0.717, 1.165) is 5.69 Å². The first kappa shape index (κ1) is 11.7. The molecule has 84 valence electrons. The summed E-state index contributed by atoms with van der Waals surface area (Å²) in [6.07, 6.45) is -5.09. The van der Waals surface area contributed by atoms with E-state index < -0.39 is 12.6 Å². The van der Waals surface area contributed by atoms with E-state index in [1.54, 1.807) is 31.3 Å². The summed E-state index contributed by atoms with van der Waals surface area (Å²) in [5.74, 6) is 0.443. The molecule has 15 heavy (non-hydrogen) atoms. The average Bonchev–Trinajstić information content (AvgIpc) is 2.17. The number of hydrogen-bond acceptors (Lipinski definition) is 2. The van der Waals surface area contributed by atoms with Crippen molar-refractivity contribution < 1.29 is 17.9 Å². The van der Waals surface area contributed by atoms with Gasteiger partial charge in [-0.2, -0.15) is 13.2 Å². The highest BCUT2D eigenvalue weighted by atomic mass is 19.4. The molecule has 0 bridgehead atoms. The molecule has 0 aliphatic carbocycles. The molecular weight excluding hydrogens is 207 g/mol. The standard InChI is InChI=1S/C10H12F3NO/c1-14-8-2-4-9(5-3-8)15-7-6-10(11,12)13/h2-5,14H,6-7H2,1H3. The normalized spacial score (nSPS) is 11.2. The first-order valence-corrected chi connectivity index (χ1v) is 4.48. The number of nitrogens with one attached hydrogen (secondary N) is 1. The molecule has 1 aromatic rings. The minimum atomic E-state index is -4.16. The van der Waals surface area contributed by atoms with Crippen LogP contribution in [-0.4, -0.2) is 19.8 Å². The lowest BCUT2D eigenvalue weighted by molar-refractivity contribution is -0.139. The van der Waals surface area contributed by atoms with E-state index in [2.05, 4.69) is 5.32 Å². The van der Waals surface area contributed by atoms with Gasteiger partial charge in [0.2, 0.25) is 0 Å². The Morgan fingerprint density at radius 1 is 1.20 bits per heavy atom. The second-order valence-electron chi connectivity index (χ2n) is 2.99. The predicted octanol–water partition coefficient (Wildman–Crippen LogP) is 3.06. The Balaban J connectivity index is 2.38. The molecule has 5 heteroatoms. The summed E-state index contributed by atoms with van der Waals surface area (Å²) in [4.78, 5) is 0. The van der Waals surface area contributed by atoms with Crippen LogP contribution < -0.4 is 10.1 Å². The van der Waals surface area contributed by atoms with Crippen LogP contribution in [-0.2, 0) is 0 Å². The Kier molecular flexibility index (Phi) is 3.82. The lowest BCUT2D eigenvalue weighted by Gasteiger charge is -2.08. The minimum absolute atomic E-state index is 0.345. The number of anilines is 1. The molecule has 0 saturated carbocycles. The summed E-state index contributed by atoms with van der Waals surface area (Å²) in [6, 6.07) is 6.73. The highest BCUT2D eigenvalue weighted by molar-refractivity contribution is 5.45. The number of benzene rings is 1. The van der Waals surface area contributed by atoms with Gasteiger partial charge in [-0.25, -0.2) is 0 Å². The van der Waals surface area contributed by atoms with E-state index in [-0.39, 0.29) is 6.61 Å². The molecule has 1 N–H and O–H groups in total. The molecule has 0 saturated heterocycles. The summed E-state index contributed by atoms with van der Waals surface area (Å²) < 4.78 is 40.3. The summed E-state index contributed by atoms with van der Waals surface area (Å²) >= 11 is 0. The maximum atomic E-state index is 11.8. The third-order valence-corrected chi connectivity index (χ3v) is 1.80. The topological polar surface area (TPSA) is 21.3 Å². The van der Waals surface area contributed by atoms with Crippen molar-refractivity contribution in [2.45, 2.75) is 12.6 Å². The van der Waals surface area contributed by atoms with E-state index in [0.29, 0.717) is 5.75 Å². The molecule has 0 aromatic heterocycles. The molecule has 0 heterocycles. The Labute approximate surface area is 86.1 Å². The Bertz CT molecular complexity index is 295. The van der Waals surface area contributed by atoms with Gasteiger partial charge in [0.1, 0.15) is 5.75 Å². The van der Waals surface area contributed by atoms with Crippen LogP contribution in [0.2, 0.25) is 0 Å². The van der Waals surface area contributed by atoms with Crippen molar-refractivity contribution in [1.82, 2.24) is 0 Å². The molecule has 0 atom stereocenters. The lowest BCUT2D eigenvalue weighted by Crippen LogP contribution is -2.12. The summed E-state index contributed by atoms with van der Waals surface area (Å²) in [7, 11) is 1.76. The first-order chi connectivity index (χ1) is 7.01. The summed E-state index contributed by atoms with van der Waals surface area (Å²) in [5, 5.41) is 2.90. The SMILES string of the molecule is CNc1ccc(OCCC(F)(F)F)cc1. The Morgan fingerprint density at radius 3 is 2.27 bits per heavy atom. The fourth-order valence-corrected chi connectivity index (χ4v) is 1.00. The number of halogens is 3. The van der Waals surface area contributed by atoms with Gasteiger partial charge in [-0.3, -0.25) is 0 Å². The second-order valence-corrected chi connectivity index (χ2v) is 2.99. The summed E-state index contributed by atoms with van der Waals surface area (Å²) in [6.45, 7) is -0.345. The smallest absolute Gasteiger partial charge is 0.392 e. The van der Waals surface area contributed by atoms with Crippen LogP contribution >= 0.6 is 0 Å². The van der Waals surface area contributed by atoms with Crippen LogP contribution in [0.4, 0.5) is 18.9 Å². The van der Waals surface area contributed by atoms with Gasteiger partial charge in [-0.1, -0.05) is 0 Å². The molecular formula is C10H12F3NO. The summed E-state index contributed by atoms with van der Waals surface area (Å²) in [5.41, 5.74) is 0.887. The largest absolute Gasteiger partial charge is 0.493 e. The van der Waals surface area contributed by atoms with Crippen molar-refractivity contribution in [3.8, 4) is 5.75 Å². The van der Waals surface area contributed by atoms with E-state index in [1.165, 1.54) is 0 Å².